The van der Waals surface area contributed by atoms with Crippen LogP contribution in [0.1, 0.15) is 51.9 Å². The fourth-order valence-corrected chi connectivity index (χ4v) is 2.20. The Morgan fingerprint density at radius 2 is 1.92 bits per heavy atom. The first-order valence-electron chi connectivity index (χ1n) is 5.81. The highest BCUT2D eigenvalue weighted by atomic mass is 16.7. The molecule has 2 heteroatoms. The standard InChI is InChI=1S/C11H21NO/c1-2-11(9-7-8-9)12-13-10-5-3-4-6-10/h9-12H,2-8H2,1H3. The molecule has 2 aliphatic carbocycles. The van der Waals surface area contributed by atoms with E-state index in [0.29, 0.717) is 12.1 Å². The molecule has 1 atom stereocenters. The van der Waals surface area contributed by atoms with Crippen molar-refractivity contribution >= 4 is 0 Å². The first-order valence-corrected chi connectivity index (χ1v) is 5.81. The van der Waals surface area contributed by atoms with Gasteiger partial charge in [-0.3, -0.25) is 4.84 Å². The van der Waals surface area contributed by atoms with Crippen molar-refractivity contribution in [2.75, 3.05) is 0 Å². The summed E-state index contributed by atoms with van der Waals surface area (Å²) in [5.41, 5.74) is 3.27. The zero-order chi connectivity index (χ0) is 9.10. The maximum atomic E-state index is 5.71. The van der Waals surface area contributed by atoms with E-state index in [-0.39, 0.29) is 0 Å². The van der Waals surface area contributed by atoms with E-state index in [9.17, 15) is 0 Å². The van der Waals surface area contributed by atoms with E-state index in [1.165, 1.54) is 44.9 Å². The summed E-state index contributed by atoms with van der Waals surface area (Å²) in [6, 6.07) is 0.626. The van der Waals surface area contributed by atoms with Crippen LogP contribution in [0, 0.1) is 5.92 Å². The van der Waals surface area contributed by atoms with Gasteiger partial charge in [0.2, 0.25) is 0 Å². The van der Waals surface area contributed by atoms with Gasteiger partial charge in [0.05, 0.1) is 6.10 Å². The molecule has 0 amide bonds. The minimum absolute atomic E-state index is 0.507. The molecular weight excluding hydrogens is 162 g/mol. The molecule has 2 saturated carbocycles. The van der Waals surface area contributed by atoms with E-state index in [1.807, 2.05) is 0 Å². The zero-order valence-corrected chi connectivity index (χ0v) is 8.59. The predicted octanol–water partition coefficient (Wildman–Crippen LogP) is 2.64. The number of hydroxylamine groups is 1. The van der Waals surface area contributed by atoms with Crippen LogP contribution in [0.15, 0.2) is 0 Å². The number of nitrogens with one attached hydrogen (secondary N) is 1. The Morgan fingerprint density at radius 1 is 1.23 bits per heavy atom. The topological polar surface area (TPSA) is 21.3 Å². The van der Waals surface area contributed by atoms with Crippen molar-refractivity contribution in [2.45, 2.75) is 64.0 Å². The van der Waals surface area contributed by atoms with Gasteiger partial charge in [-0.1, -0.05) is 19.8 Å². The van der Waals surface area contributed by atoms with Crippen LogP contribution in [0.5, 0.6) is 0 Å². The molecule has 0 radical (unpaired) electrons. The maximum Gasteiger partial charge on any atom is 0.0790 e. The van der Waals surface area contributed by atoms with Crippen LogP contribution in [0.3, 0.4) is 0 Å². The second-order valence-electron chi connectivity index (χ2n) is 4.49. The lowest BCUT2D eigenvalue weighted by atomic mass is 10.1. The summed E-state index contributed by atoms with van der Waals surface area (Å²) in [6.07, 6.45) is 9.74. The van der Waals surface area contributed by atoms with Crippen molar-refractivity contribution in [3.63, 3.8) is 0 Å². The second-order valence-corrected chi connectivity index (χ2v) is 4.49. The molecule has 76 valence electrons. The van der Waals surface area contributed by atoms with Gasteiger partial charge in [-0.25, -0.2) is 0 Å². The molecule has 0 aromatic rings. The molecule has 0 spiro atoms. The molecule has 0 aliphatic heterocycles. The molecule has 13 heavy (non-hydrogen) atoms. The molecular formula is C11H21NO. The predicted molar refractivity (Wildman–Crippen MR) is 53.3 cm³/mol. The lowest BCUT2D eigenvalue weighted by molar-refractivity contribution is -0.0446. The monoisotopic (exact) mass is 183 g/mol. The van der Waals surface area contributed by atoms with E-state index >= 15 is 0 Å². The maximum absolute atomic E-state index is 5.71. The summed E-state index contributed by atoms with van der Waals surface area (Å²) in [6.45, 7) is 2.24. The molecule has 0 saturated heterocycles. The highest BCUT2D eigenvalue weighted by Crippen LogP contribution is 2.34. The van der Waals surface area contributed by atoms with Gasteiger partial charge in [-0.15, -0.1) is 0 Å². The molecule has 2 fully saturated rings. The van der Waals surface area contributed by atoms with E-state index in [0.717, 1.165) is 5.92 Å². The van der Waals surface area contributed by atoms with Gasteiger partial charge in [0.1, 0.15) is 0 Å². The van der Waals surface area contributed by atoms with Crippen molar-refractivity contribution < 1.29 is 4.84 Å². The fourth-order valence-electron chi connectivity index (χ4n) is 2.20. The van der Waals surface area contributed by atoms with E-state index in [4.69, 9.17) is 4.84 Å². The van der Waals surface area contributed by atoms with Crippen LogP contribution in [0.4, 0.5) is 0 Å². The smallest absolute Gasteiger partial charge is 0.0790 e. The molecule has 0 aromatic carbocycles. The third-order valence-corrected chi connectivity index (χ3v) is 3.32. The highest BCUT2D eigenvalue weighted by molar-refractivity contribution is 4.83. The Bertz CT molecular complexity index is 150. The van der Waals surface area contributed by atoms with Gasteiger partial charge < -0.3 is 0 Å². The average Bonchev–Trinajstić information content (AvgIpc) is 2.84. The summed E-state index contributed by atoms with van der Waals surface area (Å²) in [4.78, 5) is 5.71. The zero-order valence-electron chi connectivity index (χ0n) is 8.59. The van der Waals surface area contributed by atoms with E-state index < -0.39 is 0 Å². The summed E-state index contributed by atoms with van der Waals surface area (Å²) in [5, 5.41) is 0. The van der Waals surface area contributed by atoms with Gasteiger partial charge in [0.15, 0.2) is 0 Å². The first-order chi connectivity index (χ1) is 6.40. The molecule has 0 aromatic heterocycles. The van der Waals surface area contributed by atoms with Crippen LogP contribution in [-0.2, 0) is 4.84 Å². The number of hydrogen-bond acceptors (Lipinski definition) is 2. The van der Waals surface area contributed by atoms with Gasteiger partial charge in [-0.2, -0.15) is 5.48 Å². The van der Waals surface area contributed by atoms with Crippen LogP contribution in [0.2, 0.25) is 0 Å². The molecule has 1 unspecified atom stereocenters. The van der Waals surface area contributed by atoms with Gasteiger partial charge >= 0.3 is 0 Å². The Hall–Kier alpha value is -0.0800. The van der Waals surface area contributed by atoms with Crippen molar-refractivity contribution in [1.82, 2.24) is 5.48 Å². The Kier molecular flexibility index (Phi) is 3.23. The quantitative estimate of drug-likeness (QED) is 0.662. The summed E-state index contributed by atoms with van der Waals surface area (Å²) >= 11 is 0. The summed E-state index contributed by atoms with van der Waals surface area (Å²) in [7, 11) is 0. The lowest BCUT2D eigenvalue weighted by Gasteiger charge is -2.19. The van der Waals surface area contributed by atoms with Crippen molar-refractivity contribution in [2.24, 2.45) is 5.92 Å². The SMILES string of the molecule is CCC(NOC1CCCC1)C1CC1. The van der Waals surface area contributed by atoms with Crippen LogP contribution in [-0.4, -0.2) is 12.1 Å². The summed E-state index contributed by atoms with van der Waals surface area (Å²) < 4.78 is 0. The lowest BCUT2D eigenvalue weighted by Crippen LogP contribution is -2.33. The van der Waals surface area contributed by atoms with Crippen LogP contribution >= 0.6 is 0 Å². The highest BCUT2D eigenvalue weighted by Gasteiger charge is 2.30. The van der Waals surface area contributed by atoms with Crippen LogP contribution in [0.25, 0.3) is 0 Å². The van der Waals surface area contributed by atoms with Gasteiger partial charge in [-0.05, 0) is 38.0 Å². The molecule has 2 rings (SSSR count). The number of hydrogen-bond donors (Lipinski definition) is 1. The number of rotatable bonds is 5. The third kappa shape index (κ3) is 2.68. The van der Waals surface area contributed by atoms with Crippen molar-refractivity contribution in [3.05, 3.63) is 0 Å². The van der Waals surface area contributed by atoms with E-state index in [1.54, 1.807) is 0 Å². The van der Waals surface area contributed by atoms with Gasteiger partial charge in [0.25, 0.3) is 0 Å². The molecule has 0 heterocycles. The van der Waals surface area contributed by atoms with E-state index in [2.05, 4.69) is 12.4 Å². The third-order valence-electron chi connectivity index (χ3n) is 3.32. The minimum Gasteiger partial charge on any atom is -0.298 e. The largest absolute Gasteiger partial charge is 0.298 e. The summed E-state index contributed by atoms with van der Waals surface area (Å²) in [5.74, 6) is 0.909. The average molecular weight is 183 g/mol. The fraction of sp³-hybridized carbons (Fsp3) is 1.00. The van der Waals surface area contributed by atoms with Crippen molar-refractivity contribution in [1.29, 1.82) is 0 Å². The second kappa shape index (κ2) is 4.43. The Labute approximate surface area is 81.0 Å². The van der Waals surface area contributed by atoms with Crippen molar-refractivity contribution in [3.8, 4) is 0 Å². The van der Waals surface area contributed by atoms with Crippen LogP contribution < -0.4 is 5.48 Å². The molecule has 0 bridgehead atoms. The van der Waals surface area contributed by atoms with Gasteiger partial charge in [0, 0.05) is 6.04 Å². The first kappa shape index (κ1) is 9.47. The Balaban J connectivity index is 1.64. The Morgan fingerprint density at radius 3 is 2.46 bits per heavy atom. The molecule has 2 aliphatic rings. The molecule has 2 nitrogen and oxygen atoms in total. The minimum atomic E-state index is 0.507. The molecule has 1 N–H and O–H groups in total. The normalized spacial score (nSPS) is 26.5.